The van der Waals surface area contributed by atoms with Crippen LogP contribution in [0.4, 0.5) is 0 Å². The van der Waals surface area contributed by atoms with Crippen LogP contribution in [-0.4, -0.2) is 22.1 Å². The van der Waals surface area contributed by atoms with Gasteiger partial charge in [0.25, 0.3) is 5.56 Å². The van der Waals surface area contributed by atoms with Gasteiger partial charge in [-0.05, 0) is 41.5 Å². The number of hydrogen-bond donors (Lipinski definition) is 1. The van der Waals surface area contributed by atoms with E-state index in [0.29, 0.717) is 26.9 Å². The summed E-state index contributed by atoms with van der Waals surface area (Å²) in [4.78, 5) is 23.6. The first kappa shape index (κ1) is 12.6. The number of pyridine rings is 1. The Hall–Kier alpha value is -1.44. The van der Waals surface area contributed by atoms with E-state index in [1.54, 1.807) is 13.2 Å². The Balaban J connectivity index is 2.11. The van der Waals surface area contributed by atoms with Crippen molar-refractivity contribution < 1.29 is 4.74 Å². The molecule has 1 aliphatic rings. The fraction of sp³-hybridized carbons (Fsp3) is 0.308. The summed E-state index contributed by atoms with van der Waals surface area (Å²) in [6.45, 7) is 0. The van der Waals surface area contributed by atoms with Crippen molar-refractivity contribution in [1.82, 2.24) is 15.0 Å². The number of aromatic amines is 1. The van der Waals surface area contributed by atoms with Crippen molar-refractivity contribution in [3.05, 3.63) is 37.8 Å². The molecule has 1 saturated carbocycles. The highest BCUT2D eigenvalue weighted by Crippen LogP contribution is 2.40. The molecule has 0 aromatic carbocycles. The highest BCUT2D eigenvalue weighted by Gasteiger charge is 2.29. The van der Waals surface area contributed by atoms with E-state index in [9.17, 15) is 4.79 Å². The Labute approximate surface area is 123 Å². The van der Waals surface area contributed by atoms with E-state index in [4.69, 9.17) is 4.74 Å². The van der Waals surface area contributed by atoms with Crippen LogP contribution in [0.1, 0.15) is 24.5 Å². The van der Waals surface area contributed by atoms with Gasteiger partial charge < -0.3 is 9.72 Å². The van der Waals surface area contributed by atoms with E-state index in [0.717, 1.165) is 18.5 Å². The molecular weight excluding hydrogens is 357 g/mol. The van der Waals surface area contributed by atoms with E-state index in [2.05, 4.69) is 37.5 Å². The van der Waals surface area contributed by atoms with Gasteiger partial charge in [-0.2, -0.15) is 0 Å². The zero-order valence-electron chi connectivity index (χ0n) is 10.3. The normalized spacial score (nSPS) is 14.4. The standard InChI is InChI=1S/C13H12IN3O2/c1-19-9-4-2-3-8(15-9)12-16-11(7-5-6-7)10(14)13(18)17-12/h2-4,7H,5-6H2,1H3,(H,16,17,18). The van der Waals surface area contributed by atoms with Crippen molar-refractivity contribution in [3.8, 4) is 17.4 Å². The van der Waals surface area contributed by atoms with Gasteiger partial charge in [-0.15, -0.1) is 0 Å². The van der Waals surface area contributed by atoms with Gasteiger partial charge in [0.05, 0.1) is 12.8 Å². The zero-order valence-corrected chi connectivity index (χ0v) is 12.5. The number of nitrogens with zero attached hydrogens (tertiary/aromatic N) is 2. The largest absolute Gasteiger partial charge is 0.481 e. The molecule has 0 aliphatic heterocycles. The SMILES string of the molecule is COc1cccc(-c2nc(C3CC3)c(I)c(=O)[nH]2)n1. The first-order chi connectivity index (χ1) is 9.19. The summed E-state index contributed by atoms with van der Waals surface area (Å²) in [5, 5.41) is 0. The van der Waals surface area contributed by atoms with Crippen molar-refractivity contribution in [1.29, 1.82) is 0 Å². The minimum Gasteiger partial charge on any atom is -0.481 e. The van der Waals surface area contributed by atoms with Crippen LogP contribution in [0.25, 0.3) is 11.5 Å². The Bertz CT molecular complexity index is 680. The topological polar surface area (TPSA) is 67.9 Å². The van der Waals surface area contributed by atoms with E-state index in [1.807, 2.05) is 12.1 Å². The average Bonchev–Trinajstić information content (AvgIpc) is 3.26. The summed E-state index contributed by atoms with van der Waals surface area (Å²) >= 11 is 2.06. The van der Waals surface area contributed by atoms with Crippen molar-refractivity contribution >= 4 is 22.6 Å². The van der Waals surface area contributed by atoms with Gasteiger partial charge in [0.2, 0.25) is 5.88 Å². The third-order valence-corrected chi connectivity index (χ3v) is 4.07. The molecule has 5 nitrogen and oxygen atoms in total. The molecule has 0 atom stereocenters. The lowest BCUT2D eigenvalue weighted by atomic mass is 10.2. The molecule has 3 rings (SSSR count). The Morgan fingerprint density at radius 3 is 2.84 bits per heavy atom. The second kappa shape index (κ2) is 4.92. The van der Waals surface area contributed by atoms with E-state index >= 15 is 0 Å². The van der Waals surface area contributed by atoms with Crippen molar-refractivity contribution in [2.45, 2.75) is 18.8 Å². The van der Waals surface area contributed by atoms with Gasteiger partial charge in [0, 0.05) is 12.0 Å². The van der Waals surface area contributed by atoms with Crippen LogP contribution in [-0.2, 0) is 0 Å². The molecule has 1 N–H and O–H groups in total. The van der Waals surface area contributed by atoms with Crippen LogP contribution < -0.4 is 10.3 Å². The maximum Gasteiger partial charge on any atom is 0.264 e. The van der Waals surface area contributed by atoms with Crippen LogP contribution in [0, 0.1) is 3.57 Å². The van der Waals surface area contributed by atoms with Gasteiger partial charge in [0.15, 0.2) is 5.82 Å². The maximum atomic E-state index is 12.0. The molecule has 0 saturated heterocycles. The minimum absolute atomic E-state index is 0.0999. The first-order valence-corrected chi connectivity index (χ1v) is 7.08. The number of aromatic nitrogens is 3. The van der Waals surface area contributed by atoms with E-state index < -0.39 is 0 Å². The third kappa shape index (κ3) is 2.49. The summed E-state index contributed by atoms with van der Waals surface area (Å²) in [6, 6.07) is 5.40. The summed E-state index contributed by atoms with van der Waals surface area (Å²) in [6.07, 6.45) is 2.22. The van der Waals surface area contributed by atoms with E-state index in [1.165, 1.54) is 0 Å². The first-order valence-electron chi connectivity index (χ1n) is 6.00. The van der Waals surface area contributed by atoms with Crippen molar-refractivity contribution in [2.24, 2.45) is 0 Å². The number of hydrogen-bond acceptors (Lipinski definition) is 4. The molecule has 2 aromatic rings. The van der Waals surface area contributed by atoms with Crippen LogP contribution in [0.2, 0.25) is 0 Å². The summed E-state index contributed by atoms with van der Waals surface area (Å²) in [5.41, 5.74) is 1.41. The fourth-order valence-corrected chi connectivity index (χ4v) is 2.58. The smallest absolute Gasteiger partial charge is 0.264 e. The monoisotopic (exact) mass is 369 g/mol. The Morgan fingerprint density at radius 2 is 2.16 bits per heavy atom. The van der Waals surface area contributed by atoms with Gasteiger partial charge >= 0.3 is 0 Å². The molecule has 19 heavy (non-hydrogen) atoms. The van der Waals surface area contributed by atoms with Crippen LogP contribution in [0.5, 0.6) is 5.88 Å². The fourth-order valence-electron chi connectivity index (χ4n) is 1.89. The van der Waals surface area contributed by atoms with Crippen LogP contribution in [0.3, 0.4) is 0 Å². The highest BCUT2D eigenvalue weighted by molar-refractivity contribution is 14.1. The second-order valence-corrected chi connectivity index (χ2v) is 5.53. The molecule has 1 fully saturated rings. The van der Waals surface area contributed by atoms with Gasteiger partial charge in [-0.3, -0.25) is 4.79 Å². The predicted octanol–water partition coefficient (Wildman–Crippen LogP) is 2.32. The molecule has 6 heteroatoms. The highest BCUT2D eigenvalue weighted by atomic mass is 127. The molecule has 0 spiro atoms. The number of methoxy groups -OCH3 is 1. The molecule has 98 valence electrons. The van der Waals surface area contributed by atoms with Gasteiger partial charge in [-0.1, -0.05) is 6.07 Å². The number of nitrogens with one attached hydrogen (secondary N) is 1. The number of ether oxygens (including phenoxy) is 1. The molecule has 0 unspecified atom stereocenters. The van der Waals surface area contributed by atoms with Gasteiger partial charge in [-0.25, -0.2) is 9.97 Å². The maximum absolute atomic E-state index is 12.0. The van der Waals surface area contributed by atoms with E-state index in [-0.39, 0.29) is 5.56 Å². The molecular formula is C13H12IN3O2. The molecule has 2 aromatic heterocycles. The lowest BCUT2D eigenvalue weighted by Gasteiger charge is -2.06. The summed E-state index contributed by atoms with van der Waals surface area (Å²) < 4.78 is 5.77. The third-order valence-electron chi connectivity index (χ3n) is 3.03. The summed E-state index contributed by atoms with van der Waals surface area (Å²) in [5.74, 6) is 1.44. The molecule has 2 heterocycles. The lowest BCUT2D eigenvalue weighted by Crippen LogP contribution is -2.16. The second-order valence-electron chi connectivity index (χ2n) is 4.45. The molecule has 0 radical (unpaired) electrons. The van der Waals surface area contributed by atoms with Gasteiger partial charge in [0.1, 0.15) is 9.26 Å². The Kier molecular flexibility index (Phi) is 3.26. The Morgan fingerprint density at radius 1 is 1.37 bits per heavy atom. The number of H-pyrrole nitrogens is 1. The molecule has 0 bridgehead atoms. The molecule has 1 aliphatic carbocycles. The van der Waals surface area contributed by atoms with Crippen LogP contribution >= 0.6 is 22.6 Å². The quantitative estimate of drug-likeness (QED) is 0.844. The van der Waals surface area contributed by atoms with Crippen molar-refractivity contribution in [2.75, 3.05) is 7.11 Å². The number of halogens is 1. The molecule has 0 amide bonds. The van der Waals surface area contributed by atoms with Crippen LogP contribution in [0.15, 0.2) is 23.0 Å². The van der Waals surface area contributed by atoms with Crippen molar-refractivity contribution in [3.63, 3.8) is 0 Å². The summed E-state index contributed by atoms with van der Waals surface area (Å²) in [7, 11) is 1.56. The number of rotatable bonds is 3. The minimum atomic E-state index is -0.0999. The average molecular weight is 369 g/mol. The predicted molar refractivity (Wildman–Crippen MR) is 79.3 cm³/mol. The zero-order chi connectivity index (χ0) is 13.4. The lowest BCUT2D eigenvalue weighted by molar-refractivity contribution is 0.398.